The zero-order valence-corrected chi connectivity index (χ0v) is 16.3. The van der Waals surface area contributed by atoms with Gasteiger partial charge in [0.2, 0.25) is 5.90 Å². The molecule has 3 aromatic rings. The van der Waals surface area contributed by atoms with Gasteiger partial charge in [-0.25, -0.2) is 4.99 Å². The van der Waals surface area contributed by atoms with Crippen molar-refractivity contribution >= 4 is 22.4 Å². The van der Waals surface area contributed by atoms with E-state index in [0.29, 0.717) is 17.9 Å². The lowest BCUT2D eigenvalue weighted by Gasteiger charge is -2.31. The number of nitro groups is 1. The van der Waals surface area contributed by atoms with Crippen LogP contribution in [0, 0.1) is 27.4 Å². The van der Waals surface area contributed by atoms with E-state index in [1.165, 1.54) is 12.1 Å². The number of fused-ring (bicyclic) bond motifs is 3. The highest BCUT2D eigenvalue weighted by Gasteiger charge is 2.38. The summed E-state index contributed by atoms with van der Waals surface area (Å²) in [7, 11) is 0. The molecule has 0 spiro atoms. The molecule has 0 bridgehead atoms. The fourth-order valence-corrected chi connectivity index (χ4v) is 3.77. The van der Waals surface area contributed by atoms with Crippen LogP contribution in [-0.4, -0.2) is 24.2 Å². The number of nitrogens with zero attached hydrogens (tertiary/aromatic N) is 3. The van der Waals surface area contributed by atoms with E-state index < -0.39 is 16.8 Å². The third-order valence-corrected chi connectivity index (χ3v) is 5.15. The van der Waals surface area contributed by atoms with Gasteiger partial charge in [-0.15, -0.1) is 0 Å². The van der Waals surface area contributed by atoms with Gasteiger partial charge in [0.05, 0.1) is 11.0 Å². The Balaban J connectivity index is 1.94. The molecule has 7 nitrogen and oxygen atoms in total. The summed E-state index contributed by atoms with van der Waals surface area (Å²) in [5.74, 6) is -0.317. The van der Waals surface area contributed by atoms with Crippen LogP contribution in [0.3, 0.4) is 0 Å². The average Bonchev–Trinajstić information content (AvgIpc) is 2.78. The second-order valence-corrected chi connectivity index (χ2v) is 6.86. The molecule has 0 aromatic heterocycles. The van der Waals surface area contributed by atoms with Crippen LogP contribution >= 0.6 is 0 Å². The van der Waals surface area contributed by atoms with Crippen molar-refractivity contribution in [2.75, 3.05) is 13.3 Å². The van der Waals surface area contributed by atoms with Crippen LogP contribution in [-0.2, 0) is 4.74 Å². The van der Waals surface area contributed by atoms with Gasteiger partial charge in [-0.3, -0.25) is 10.1 Å². The van der Waals surface area contributed by atoms with Crippen LogP contribution < -0.4 is 4.74 Å². The molecular weight excluding hydrogens is 382 g/mol. The normalized spacial score (nSPS) is 19.1. The van der Waals surface area contributed by atoms with Crippen LogP contribution in [0.4, 0.5) is 5.69 Å². The maximum Gasteiger partial charge on any atom is 0.269 e. The van der Waals surface area contributed by atoms with Gasteiger partial charge in [0, 0.05) is 35.6 Å². The summed E-state index contributed by atoms with van der Waals surface area (Å²) in [6, 6.07) is 20.4. The number of benzene rings is 3. The third kappa shape index (κ3) is 3.49. The highest BCUT2D eigenvalue weighted by Crippen LogP contribution is 2.46. The lowest BCUT2D eigenvalue weighted by Crippen LogP contribution is -2.32. The molecule has 7 heteroatoms. The smallest absolute Gasteiger partial charge is 0.269 e. The number of non-ortho nitro benzene ring substituents is 1. The van der Waals surface area contributed by atoms with Crippen molar-refractivity contribution in [2.45, 2.75) is 12.8 Å². The standard InChI is InChI=1S/C23H19N3O4/c1-2-29-14-25-23-20(13-24)21(16-7-5-8-17(12-16)26(27)28)19-11-10-15-6-3-4-9-18(15)22(19)30-23/h3-12,20-21H,2,14H2,1H3. The number of nitro benzene ring substituents is 1. The van der Waals surface area contributed by atoms with E-state index in [1.54, 1.807) is 12.1 Å². The van der Waals surface area contributed by atoms with Crippen molar-refractivity contribution in [3.8, 4) is 11.8 Å². The van der Waals surface area contributed by atoms with Gasteiger partial charge in [0.25, 0.3) is 5.69 Å². The molecule has 0 N–H and O–H groups in total. The summed E-state index contributed by atoms with van der Waals surface area (Å²) in [4.78, 5) is 15.3. The summed E-state index contributed by atoms with van der Waals surface area (Å²) in [5.41, 5.74) is 1.45. The highest BCUT2D eigenvalue weighted by molar-refractivity contribution is 5.96. The first-order valence-electron chi connectivity index (χ1n) is 9.59. The molecule has 0 saturated heterocycles. The number of hydrogen-bond acceptors (Lipinski definition) is 6. The molecule has 30 heavy (non-hydrogen) atoms. The highest BCUT2D eigenvalue weighted by atomic mass is 16.6. The van der Waals surface area contributed by atoms with Crippen LogP contribution in [0.1, 0.15) is 24.0 Å². The summed E-state index contributed by atoms with van der Waals surface area (Å²) in [5, 5.41) is 23.2. The van der Waals surface area contributed by atoms with Crippen LogP contribution in [0.5, 0.6) is 5.75 Å². The third-order valence-electron chi connectivity index (χ3n) is 5.15. The minimum Gasteiger partial charge on any atom is -0.441 e. The van der Waals surface area contributed by atoms with Gasteiger partial charge >= 0.3 is 0 Å². The second-order valence-electron chi connectivity index (χ2n) is 6.86. The Hall–Kier alpha value is -3.76. The van der Waals surface area contributed by atoms with E-state index in [0.717, 1.165) is 16.3 Å². The Morgan fingerprint density at radius 1 is 1.20 bits per heavy atom. The number of aliphatic imine (C=N–C) groups is 1. The Labute approximate surface area is 173 Å². The summed E-state index contributed by atoms with van der Waals surface area (Å²) >= 11 is 0. The van der Waals surface area contributed by atoms with Gasteiger partial charge in [0.1, 0.15) is 18.4 Å². The maximum absolute atomic E-state index is 11.3. The predicted octanol–water partition coefficient (Wildman–Crippen LogP) is 4.80. The first-order valence-corrected chi connectivity index (χ1v) is 9.59. The van der Waals surface area contributed by atoms with Gasteiger partial charge in [0.15, 0.2) is 0 Å². The second kappa shape index (κ2) is 8.31. The Morgan fingerprint density at radius 3 is 2.80 bits per heavy atom. The van der Waals surface area contributed by atoms with E-state index in [1.807, 2.05) is 43.3 Å². The van der Waals surface area contributed by atoms with Crippen LogP contribution in [0.2, 0.25) is 0 Å². The van der Waals surface area contributed by atoms with E-state index in [-0.39, 0.29) is 18.3 Å². The zero-order valence-electron chi connectivity index (χ0n) is 16.3. The maximum atomic E-state index is 11.3. The lowest BCUT2D eigenvalue weighted by molar-refractivity contribution is -0.384. The Morgan fingerprint density at radius 2 is 2.03 bits per heavy atom. The van der Waals surface area contributed by atoms with E-state index in [9.17, 15) is 15.4 Å². The summed E-state index contributed by atoms with van der Waals surface area (Å²) in [6.45, 7) is 2.42. The molecule has 2 unspecified atom stereocenters. The first kappa shape index (κ1) is 19.6. The topological polar surface area (TPSA) is 97.8 Å². The largest absolute Gasteiger partial charge is 0.441 e. The molecule has 0 amide bonds. The Kier molecular flexibility index (Phi) is 5.42. The summed E-state index contributed by atoms with van der Waals surface area (Å²) < 4.78 is 11.5. The van der Waals surface area contributed by atoms with Gasteiger partial charge < -0.3 is 9.47 Å². The van der Waals surface area contributed by atoms with Gasteiger partial charge in [-0.05, 0) is 17.9 Å². The van der Waals surface area contributed by atoms with Crippen molar-refractivity contribution in [3.63, 3.8) is 0 Å². The molecule has 1 aliphatic heterocycles. The number of hydrogen-bond donors (Lipinski definition) is 0. The van der Waals surface area contributed by atoms with E-state index in [2.05, 4.69) is 11.1 Å². The lowest BCUT2D eigenvalue weighted by atomic mass is 9.78. The molecule has 0 saturated carbocycles. The molecule has 3 aromatic carbocycles. The Bertz CT molecular complexity index is 1180. The van der Waals surface area contributed by atoms with Crippen LogP contribution in [0.15, 0.2) is 65.7 Å². The van der Waals surface area contributed by atoms with Crippen molar-refractivity contribution < 1.29 is 14.4 Å². The molecule has 1 aliphatic rings. The van der Waals surface area contributed by atoms with Crippen molar-refractivity contribution in [2.24, 2.45) is 10.9 Å². The molecule has 2 atom stereocenters. The van der Waals surface area contributed by atoms with Crippen molar-refractivity contribution in [3.05, 3.63) is 81.9 Å². The molecule has 0 radical (unpaired) electrons. The first-order chi connectivity index (χ1) is 14.6. The van der Waals surface area contributed by atoms with Crippen molar-refractivity contribution in [1.82, 2.24) is 0 Å². The fraction of sp³-hybridized carbons (Fsp3) is 0.217. The fourth-order valence-electron chi connectivity index (χ4n) is 3.77. The molecular formula is C23H19N3O4. The zero-order chi connectivity index (χ0) is 21.1. The van der Waals surface area contributed by atoms with Gasteiger partial charge in [-0.1, -0.05) is 48.5 Å². The minimum atomic E-state index is -0.735. The number of nitriles is 1. The molecule has 4 rings (SSSR count). The monoisotopic (exact) mass is 401 g/mol. The van der Waals surface area contributed by atoms with E-state index >= 15 is 0 Å². The number of rotatable bonds is 5. The molecule has 1 heterocycles. The minimum absolute atomic E-state index is 0.0224. The number of ether oxygens (including phenoxy) is 2. The molecule has 0 fully saturated rings. The van der Waals surface area contributed by atoms with Crippen molar-refractivity contribution in [1.29, 1.82) is 5.26 Å². The SMILES string of the molecule is CCOCN=C1Oc2c(ccc3ccccc23)C(c2cccc([N+](=O)[O-])c2)C1C#N. The predicted molar refractivity (Wildman–Crippen MR) is 113 cm³/mol. The quantitative estimate of drug-likeness (QED) is 0.347. The van der Waals surface area contributed by atoms with Crippen LogP contribution in [0.25, 0.3) is 10.8 Å². The molecule has 150 valence electrons. The van der Waals surface area contributed by atoms with Gasteiger partial charge in [-0.2, -0.15) is 5.26 Å². The average molecular weight is 401 g/mol. The summed E-state index contributed by atoms with van der Waals surface area (Å²) in [6.07, 6.45) is 0. The van der Waals surface area contributed by atoms with E-state index in [4.69, 9.17) is 9.47 Å². The molecule has 0 aliphatic carbocycles.